The summed E-state index contributed by atoms with van der Waals surface area (Å²) in [5.74, 6) is 0.0464. The minimum Gasteiger partial charge on any atom is -0.338 e. The van der Waals surface area contributed by atoms with Crippen LogP contribution in [0.1, 0.15) is 38.7 Å². The third kappa shape index (κ3) is 8.25. The van der Waals surface area contributed by atoms with E-state index in [9.17, 15) is 14.4 Å². The summed E-state index contributed by atoms with van der Waals surface area (Å²) in [7, 11) is 0. The third-order valence-electron chi connectivity index (χ3n) is 7.24. The number of carbonyl (C=O) groups is 2. The average Bonchev–Trinajstić information content (AvgIpc) is 3.11. The number of hydrogen-bond acceptors (Lipinski definition) is 7. The van der Waals surface area contributed by atoms with Crippen LogP contribution >= 0.6 is 12.4 Å². The molecule has 39 heavy (non-hydrogen) atoms. The van der Waals surface area contributed by atoms with Gasteiger partial charge in [-0.25, -0.2) is 9.59 Å². The number of hydrogen-bond donors (Lipinski definition) is 3. The van der Waals surface area contributed by atoms with E-state index in [-0.39, 0.29) is 30.2 Å². The Labute approximate surface area is 235 Å². The topological polar surface area (TPSA) is 143 Å². The predicted octanol–water partition coefficient (Wildman–Crippen LogP) is 1.42. The standard InChI is InChI=1S/C27H40N8O3.ClH/c1-27(2,29)24(36)33-16-18-34(19-17-33)25(37)30-23-11-15-35(26(38)31-23)22-7-5-20(6-8-22)9-13-32-12-3-4-21(28)10-14-32;/h5-8,11,15,21H,3-4,9-10,12-14,16-19,28-29H2,1-2H3,(H,30,31,37,38);1H/t21-;/m0./s1. The first-order chi connectivity index (χ1) is 18.1. The van der Waals surface area contributed by atoms with Gasteiger partial charge in [0.05, 0.1) is 11.2 Å². The van der Waals surface area contributed by atoms with Crippen molar-refractivity contribution in [1.29, 1.82) is 0 Å². The second-order valence-electron chi connectivity index (χ2n) is 10.8. The fourth-order valence-electron chi connectivity index (χ4n) is 4.89. The molecule has 0 bridgehead atoms. The Morgan fingerprint density at radius 3 is 2.31 bits per heavy atom. The van der Waals surface area contributed by atoms with E-state index in [1.54, 1.807) is 35.9 Å². The van der Waals surface area contributed by atoms with Crippen molar-refractivity contribution >= 4 is 30.2 Å². The number of halogens is 1. The number of likely N-dealkylation sites (tertiary alicyclic amines) is 1. The Morgan fingerprint density at radius 2 is 1.67 bits per heavy atom. The number of anilines is 1. The van der Waals surface area contributed by atoms with E-state index in [0.29, 0.717) is 37.9 Å². The first kappa shape index (κ1) is 30.6. The summed E-state index contributed by atoms with van der Waals surface area (Å²) in [5.41, 5.74) is 12.5. The fraction of sp³-hybridized carbons (Fsp3) is 0.556. The molecule has 2 aliphatic heterocycles. The molecule has 0 spiro atoms. The van der Waals surface area contributed by atoms with Gasteiger partial charge < -0.3 is 26.2 Å². The van der Waals surface area contributed by atoms with E-state index in [1.165, 1.54) is 10.1 Å². The van der Waals surface area contributed by atoms with E-state index in [0.717, 1.165) is 45.3 Å². The molecule has 2 aliphatic rings. The maximum atomic E-state index is 12.7. The first-order valence-electron chi connectivity index (χ1n) is 13.4. The molecule has 12 heteroatoms. The Balaban J connectivity index is 0.00000420. The number of nitrogens with one attached hydrogen (secondary N) is 1. The van der Waals surface area contributed by atoms with Gasteiger partial charge in [0.1, 0.15) is 5.82 Å². The quantitative estimate of drug-likeness (QED) is 0.485. The zero-order valence-electron chi connectivity index (χ0n) is 22.8. The molecule has 3 heterocycles. The summed E-state index contributed by atoms with van der Waals surface area (Å²) in [6.45, 7) is 8.05. The van der Waals surface area contributed by atoms with Gasteiger partial charge in [0.2, 0.25) is 5.91 Å². The van der Waals surface area contributed by atoms with Crippen LogP contribution in [-0.2, 0) is 11.2 Å². The Morgan fingerprint density at radius 1 is 1.00 bits per heavy atom. The van der Waals surface area contributed by atoms with Crippen molar-refractivity contribution in [3.05, 3.63) is 52.6 Å². The van der Waals surface area contributed by atoms with Gasteiger partial charge in [-0.2, -0.15) is 4.98 Å². The maximum absolute atomic E-state index is 12.7. The average molecular weight is 561 g/mol. The van der Waals surface area contributed by atoms with E-state index < -0.39 is 11.2 Å². The van der Waals surface area contributed by atoms with Gasteiger partial charge in [-0.05, 0) is 76.4 Å². The third-order valence-corrected chi connectivity index (χ3v) is 7.24. The van der Waals surface area contributed by atoms with E-state index in [1.807, 2.05) is 24.3 Å². The summed E-state index contributed by atoms with van der Waals surface area (Å²) in [6, 6.07) is 9.48. The fourth-order valence-corrected chi connectivity index (χ4v) is 4.89. The smallest absolute Gasteiger partial charge is 0.338 e. The van der Waals surface area contributed by atoms with Crippen LogP contribution in [0.4, 0.5) is 10.6 Å². The molecule has 2 aromatic rings. The van der Waals surface area contributed by atoms with Crippen LogP contribution in [-0.4, -0.2) is 93.6 Å². The van der Waals surface area contributed by atoms with Crippen LogP contribution in [0.25, 0.3) is 5.69 Å². The van der Waals surface area contributed by atoms with Gasteiger partial charge in [-0.3, -0.25) is 14.7 Å². The molecule has 0 aliphatic carbocycles. The van der Waals surface area contributed by atoms with Gasteiger partial charge in [0.15, 0.2) is 0 Å². The lowest BCUT2D eigenvalue weighted by Crippen LogP contribution is -2.58. The molecule has 11 nitrogen and oxygen atoms in total. The predicted molar refractivity (Wildman–Crippen MR) is 154 cm³/mol. The number of nitrogens with two attached hydrogens (primary N) is 2. The zero-order chi connectivity index (χ0) is 27.3. The summed E-state index contributed by atoms with van der Waals surface area (Å²) in [4.78, 5) is 47.5. The molecular weight excluding hydrogens is 520 g/mol. The molecule has 5 N–H and O–H groups in total. The zero-order valence-corrected chi connectivity index (χ0v) is 23.7. The molecule has 0 saturated carbocycles. The lowest BCUT2D eigenvalue weighted by atomic mass is 10.1. The molecule has 2 fully saturated rings. The molecule has 1 atom stereocenters. The second-order valence-corrected chi connectivity index (χ2v) is 10.8. The summed E-state index contributed by atoms with van der Waals surface area (Å²) >= 11 is 0. The second kappa shape index (κ2) is 13.4. The monoisotopic (exact) mass is 560 g/mol. The lowest BCUT2D eigenvalue weighted by Gasteiger charge is -2.37. The summed E-state index contributed by atoms with van der Waals surface area (Å²) in [5, 5.41) is 2.69. The lowest BCUT2D eigenvalue weighted by molar-refractivity contribution is -0.137. The molecule has 1 aromatic carbocycles. The van der Waals surface area contributed by atoms with Gasteiger partial charge in [-0.15, -0.1) is 12.4 Å². The van der Waals surface area contributed by atoms with Crippen LogP contribution in [0.2, 0.25) is 0 Å². The SMILES string of the molecule is CC(C)(N)C(=O)N1CCN(C(=O)Nc2ccn(-c3ccc(CCN4CCC[C@H](N)CC4)cc3)c(=O)n2)CC1.Cl. The van der Waals surface area contributed by atoms with Gasteiger partial charge in [0, 0.05) is 45.0 Å². The molecule has 3 amide bonds. The highest BCUT2D eigenvalue weighted by Crippen LogP contribution is 2.14. The summed E-state index contributed by atoms with van der Waals surface area (Å²) in [6.07, 6.45) is 5.86. The molecule has 4 rings (SSSR count). The van der Waals surface area contributed by atoms with E-state index >= 15 is 0 Å². The number of piperazine rings is 1. The van der Waals surface area contributed by atoms with Crippen LogP contribution in [0.5, 0.6) is 0 Å². The Bertz CT molecular complexity index is 1170. The molecule has 2 saturated heterocycles. The number of carbonyl (C=O) groups excluding carboxylic acids is 2. The number of amides is 3. The van der Waals surface area contributed by atoms with Gasteiger partial charge in [-0.1, -0.05) is 12.1 Å². The van der Waals surface area contributed by atoms with Crippen LogP contribution < -0.4 is 22.5 Å². The van der Waals surface area contributed by atoms with Gasteiger partial charge >= 0.3 is 11.7 Å². The summed E-state index contributed by atoms with van der Waals surface area (Å²) < 4.78 is 1.45. The normalized spacial score (nSPS) is 18.7. The number of benzene rings is 1. The first-order valence-corrected chi connectivity index (χ1v) is 13.4. The van der Waals surface area contributed by atoms with Crippen molar-refractivity contribution in [1.82, 2.24) is 24.3 Å². The highest BCUT2D eigenvalue weighted by molar-refractivity contribution is 5.89. The Hall–Kier alpha value is -2.99. The molecule has 0 radical (unpaired) electrons. The molecule has 1 aromatic heterocycles. The molecular formula is C27H41ClN8O3. The largest absolute Gasteiger partial charge is 0.354 e. The van der Waals surface area contributed by atoms with Crippen LogP contribution in [0, 0.1) is 0 Å². The van der Waals surface area contributed by atoms with Crippen LogP contribution in [0.3, 0.4) is 0 Å². The van der Waals surface area contributed by atoms with Crippen molar-refractivity contribution in [2.24, 2.45) is 11.5 Å². The van der Waals surface area contributed by atoms with Gasteiger partial charge in [0.25, 0.3) is 0 Å². The number of rotatable bonds is 6. The number of aromatic nitrogens is 2. The van der Waals surface area contributed by atoms with Crippen molar-refractivity contribution < 1.29 is 9.59 Å². The van der Waals surface area contributed by atoms with E-state index in [2.05, 4.69) is 15.2 Å². The highest BCUT2D eigenvalue weighted by Gasteiger charge is 2.31. The van der Waals surface area contributed by atoms with Crippen molar-refractivity contribution in [3.8, 4) is 5.69 Å². The Kier molecular flexibility index (Phi) is 10.5. The van der Waals surface area contributed by atoms with Crippen molar-refractivity contribution in [3.63, 3.8) is 0 Å². The van der Waals surface area contributed by atoms with Crippen LogP contribution in [0.15, 0.2) is 41.3 Å². The number of nitrogens with zero attached hydrogens (tertiary/aromatic N) is 5. The number of urea groups is 1. The molecule has 214 valence electrons. The minimum atomic E-state index is -0.944. The highest BCUT2D eigenvalue weighted by atomic mass is 35.5. The van der Waals surface area contributed by atoms with E-state index in [4.69, 9.17) is 11.5 Å². The van der Waals surface area contributed by atoms with Crippen molar-refractivity contribution in [2.45, 2.75) is 51.1 Å². The molecule has 0 unspecified atom stereocenters. The minimum absolute atomic E-state index is 0. The maximum Gasteiger partial charge on any atom is 0.354 e. The van der Waals surface area contributed by atoms with Crippen molar-refractivity contribution in [2.75, 3.05) is 51.1 Å².